The van der Waals surface area contributed by atoms with Crippen LogP contribution in [0.25, 0.3) is 0 Å². The number of rotatable bonds is 3. The number of nitrogens with two attached hydrogens (primary N) is 1. The second-order valence-corrected chi connectivity index (χ2v) is 5.70. The summed E-state index contributed by atoms with van der Waals surface area (Å²) in [6, 6.07) is 6.09. The Morgan fingerprint density at radius 1 is 1.43 bits per heavy atom. The number of ether oxygens (including phenoxy) is 2. The van der Waals surface area contributed by atoms with Crippen LogP contribution in [0.2, 0.25) is 0 Å². The average Bonchev–Trinajstić information content (AvgIpc) is 2.96. The summed E-state index contributed by atoms with van der Waals surface area (Å²) in [5, 5.41) is 4.38. The van der Waals surface area contributed by atoms with Crippen molar-refractivity contribution in [2.24, 2.45) is 5.73 Å². The van der Waals surface area contributed by atoms with Crippen LogP contribution in [0.1, 0.15) is 49.6 Å². The van der Waals surface area contributed by atoms with Crippen LogP contribution in [0, 0.1) is 0 Å². The number of benzene rings is 1. The second-order valence-electron chi connectivity index (χ2n) is 5.70. The van der Waals surface area contributed by atoms with E-state index in [0.29, 0.717) is 6.04 Å². The summed E-state index contributed by atoms with van der Waals surface area (Å²) >= 11 is 0. The van der Waals surface area contributed by atoms with Crippen LogP contribution in [-0.4, -0.2) is 16.9 Å². The Bertz CT molecular complexity index is 636. The Hall–Kier alpha value is -2.01. The highest BCUT2D eigenvalue weighted by atomic mass is 16.5. The van der Waals surface area contributed by atoms with Crippen LogP contribution in [0.5, 0.6) is 11.5 Å². The summed E-state index contributed by atoms with van der Waals surface area (Å²) in [6.45, 7) is 4.20. The third-order valence-electron chi connectivity index (χ3n) is 3.88. The van der Waals surface area contributed by atoms with Crippen LogP contribution in [0.3, 0.4) is 0 Å². The molecule has 0 spiro atoms. The van der Waals surface area contributed by atoms with Crippen molar-refractivity contribution in [3.05, 3.63) is 41.7 Å². The zero-order valence-corrected chi connectivity index (χ0v) is 12.6. The van der Waals surface area contributed by atoms with E-state index in [1.165, 1.54) is 0 Å². The Kier molecular flexibility index (Phi) is 3.59. The summed E-state index contributed by atoms with van der Waals surface area (Å²) in [4.78, 5) is 0. The molecule has 0 saturated heterocycles. The molecule has 0 bridgehead atoms. The lowest BCUT2D eigenvalue weighted by molar-refractivity contribution is 0.160. The SMILES string of the molecule is COc1ccc2c(c1)OC(c1cnn(C(C)C)c1)C[C@H]2N. The number of aromatic nitrogens is 2. The van der Waals surface area contributed by atoms with Crippen molar-refractivity contribution in [1.29, 1.82) is 0 Å². The van der Waals surface area contributed by atoms with Crippen LogP contribution in [0.4, 0.5) is 0 Å². The summed E-state index contributed by atoms with van der Waals surface area (Å²) in [6.07, 6.45) is 4.59. The molecular formula is C16H21N3O2. The van der Waals surface area contributed by atoms with Crippen molar-refractivity contribution >= 4 is 0 Å². The summed E-state index contributed by atoms with van der Waals surface area (Å²) in [5.41, 5.74) is 8.38. The molecule has 0 fully saturated rings. The topological polar surface area (TPSA) is 62.3 Å². The van der Waals surface area contributed by atoms with Gasteiger partial charge in [0.15, 0.2) is 0 Å². The van der Waals surface area contributed by atoms with E-state index >= 15 is 0 Å². The van der Waals surface area contributed by atoms with Gasteiger partial charge in [-0.2, -0.15) is 5.10 Å². The monoisotopic (exact) mass is 287 g/mol. The molecule has 5 nitrogen and oxygen atoms in total. The molecule has 1 aromatic heterocycles. The first-order valence-corrected chi connectivity index (χ1v) is 7.22. The fourth-order valence-corrected chi connectivity index (χ4v) is 2.61. The fourth-order valence-electron chi connectivity index (χ4n) is 2.61. The molecular weight excluding hydrogens is 266 g/mol. The number of nitrogens with zero attached hydrogens (tertiary/aromatic N) is 2. The first-order valence-electron chi connectivity index (χ1n) is 7.22. The molecule has 0 radical (unpaired) electrons. The number of hydrogen-bond acceptors (Lipinski definition) is 4. The maximum absolute atomic E-state index is 6.28. The first kappa shape index (κ1) is 13.9. The van der Waals surface area contributed by atoms with Crippen LogP contribution >= 0.6 is 0 Å². The number of hydrogen-bond donors (Lipinski definition) is 1. The number of methoxy groups -OCH3 is 1. The highest BCUT2D eigenvalue weighted by Gasteiger charge is 2.28. The van der Waals surface area contributed by atoms with Gasteiger partial charge in [0.05, 0.1) is 13.3 Å². The first-order chi connectivity index (χ1) is 10.1. The highest BCUT2D eigenvalue weighted by Crippen LogP contribution is 2.41. The molecule has 1 aromatic carbocycles. The summed E-state index contributed by atoms with van der Waals surface area (Å²) < 4.78 is 13.3. The quantitative estimate of drug-likeness (QED) is 0.942. The molecule has 2 heterocycles. The molecule has 2 N–H and O–H groups in total. The molecule has 0 amide bonds. The zero-order valence-electron chi connectivity index (χ0n) is 12.6. The summed E-state index contributed by atoms with van der Waals surface area (Å²) in [5.74, 6) is 1.58. The normalized spacial score (nSPS) is 21.0. The van der Waals surface area contributed by atoms with Gasteiger partial charge in [-0.1, -0.05) is 6.07 Å². The van der Waals surface area contributed by atoms with E-state index in [0.717, 1.165) is 29.0 Å². The van der Waals surface area contributed by atoms with Gasteiger partial charge in [-0.3, -0.25) is 4.68 Å². The van der Waals surface area contributed by atoms with E-state index in [-0.39, 0.29) is 12.1 Å². The predicted octanol–water partition coefficient (Wildman–Crippen LogP) is 3.00. The molecule has 1 aliphatic rings. The van der Waals surface area contributed by atoms with Crippen LogP contribution < -0.4 is 15.2 Å². The van der Waals surface area contributed by atoms with E-state index in [2.05, 4.69) is 18.9 Å². The van der Waals surface area contributed by atoms with E-state index in [4.69, 9.17) is 15.2 Å². The van der Waals surface area contributed by atoms with E-state index < -0.39 is 0 Å². The Morgan fingerprint density at radius 2 is 2.24 bits per heavy atom. The van der Waals surface area contributed by atoms with Crippen LogP contribution in [0.15, 0.2) is 30.6 Å². The van der Waals surface area contributed by atoms with E-state index in [1.54, 1.807) is 7.11 Å². The molecule has 21 heavy (non-hydrogen) atoms. The van der Waals surface area contributed by atoms with Gasteiger partial charge >= 0.3 is 0 Å². The Labute approximate surface area is 124 Å². The Balaban J connectivity index is 1.89. The van der Waals surface area contributed by atoms with Crippen molar-refractivity contribution in [3.8, 4) is 11.5 Å². The third-order valence-corrected chi connectivity index (χ3v) is 3.88. The lowest BCUT2D eigenvalue weighted by Gasteiger charge is -2.30. The van der Waals surface area contributed by atoms with Crippen molar-refractivity contribution < 1.29 is 9.47 Å². The van der Waals surface area contributed by atoms with Crippen molar-refractivity contribution in [3.63, 3.8) is 0 Å². The minimum Gasteiger partial charge on any atom is -0.497 e. The molecule has 2 aromatic rings. The molecule has 0 saturated carbocycles. The number of fused-ring (bicyclic) bond motifs is 1. The van der Waals surface area contributed by atoms with Gasteiger partial charge in [-0.15, -0.1) is 0 Å². The van der Waals surface area contributed by atoms with Gasteiger partial charge in [0.2, 0.25) is 0 Å². The smallest absolute Gasteiger partial charge is 0.129 e. The predicted molar refractivity (Wildman–Crippen MR) is 80.5 cm³/mol. The maximum atomic E-state index is 6.28. The average molecular weight is 287 g/mol. The van der Waals surface area contributed by atoms with Gasteiger partial charge in [0.1, 0.15) is 17.6 Å². The van der Waals surface area contributed by atoms with Crippen LogP contribution in [-0.2, 0) is 0 Å². The highest BCUT2D eigenvalue weighted by molar-refractivity contribution is 5.44. The van der Waals surface area contributed by atoms with E-state index in [1.807, 2.05) is 35.3 Å². The van der Waals surface area contributed by atoms with E-state index in [9.17, 15) is 0 Å². The minimum absolute atomic E-state index is 0.0351. The van der Waals surface area contributed by atoms with Crippen molar-refractivity contribution in [1.82, 2.24) is 9.78 Å². The van der Waals surface area contributed by atoms with Gasteiger partial charge in [0.25, 0.3) is 0 Å². The minimum atomic E-state index is -0.0629. The standard InChI is InChI=1S/C16H21N3O2/c1-10(2)19-9-11(8-18-19)15-7-14(17)13-5-4-12(20-3)6-16(13)21-15/h4-6,8-10,14-15H,7,17H2,1-3H3/t14-,15?/m1/s1. The van der Waals surface area contributed by atoms with Gasteiger partial charge in [-0.05, 0) is 19.9 Å². The third kappa shape index (κ3) is 2.61. The fraction of sp³-hybridized carbons (Fsp3) is 0.438. The van der Waals surface area contributed by atoms with Gasteiger partial charge in [-0.25, -0.2) is 0 Å². The molecule has 1 aliphatic heterocycles. The van der Waals surface area contributed by atoms with Crippen molar-refractivity contribution in [2.45, 2.75) is 38.5 Å². The molecule has 0 aliphatic carbocycles. The van der Waals surface area contributed by atoms with Crippen molar-refractivity contribution in [2.75, 3.05) is 7.11 Å². The molecule has 1 unspecified atom stereocenters. The van der Waals surface area contributed by atoms with Gasteiger partial charge < -0.3 is 15.2 Å². The molecule has 5 heteroatoms. The maximum Gasteiger partial charge on any atom is 0.129 e. The lowest BCUT2D eigenvalue weighted by atomic mass is 9.95. The molecule has 3 rings (SSSR count). The molecule has 2 atom stereocenters. The summed E-state index contributed by atoms with van der Waals surface area (Å²) in [7, 11) is 1.65. The second kappa shape index (κ2) is 5.41. The van der Waals surface area contributed by atoms with Gasteiger partial charge in [0, 0.05) is 41.9 Å². The largest absolute Gasteiger partial charge is 0.497 e. The zero-order chi connectivity index (χ0) is 15.0. The Morgan fingerprint density at radius 3 is 2.90 bits per heavy atom. The lowest BCUT2D eigenvalue weighted by Crippen LogP contribution is -2.24. The molecule has 112 valence electrons.